The van der Waals surface area contributed by atoms with E-state index in [0.29, 0.717) is 19.4 Å². The van der Waals surface area contributed by atoms with Crippen LogP contribution < -0.4 is 16.5 Å². The van der Waals surface area contributed by atoms with Crippen LogP contribution in [0.1, 0.15) is 52.5 Å². The Morgan fingerprint density at radius 3 is 2.28 bits per heavy atom. The summed E-state index contributed by atoms with van der Waals surface area (Å²) in [5, 5.41) is 12.0. The number of rotatable bonds is 6. The van der Waals surface area contributed by atoms with E-state index in [0.717, 1.165) is 22.3 Å². The summed E-state index contributed by atoms with van der Waals surface area (Å²) in [5.74, 6) is -1.17. The van der Waals surface area contributed by atoms with Crippen LogP contribution in [0.3, 0.4) is 0 Å². The topological polar surface area (TPSA) is 131 Å². The van der Waals surface area contributed by atoms with E-state index in [1.54, 1.807) is 0 Å². The van der Waals surface area contributed by atoms with Crippen LogP contribution in [0.4, 0.5) is 4.79 Å². The molecule has 2 fully saturated rings. The van der Waals surface area contributed by atoms with Crippen molar-refractivity contribution in [3.8, 4) is 0 Å². The van der Waals surface area contributed by atoms with Crippen molar-refractivity contribution in [2.45, 2.75) is 76.7 Å². The van der Waals surface area contributed by atoms with Gasteiger partial charge in [-0.3, -0.25) is 14.5 Å². The molecule has 174 valence electrons. The highest BCUT2D eigenvalue weighted by Gasteiger charge is 2.51. The Labute approximate surface area is 188 Å². The second-order valence-electron chi connectivity index (χ2n) is 9.49. The Kier molecular flexibility index (Phi) is 6.85. The quantitative estimate of drug-likeness (QED) is 0.561. The van der Waals surface area contributed by atoms with Gasteiger partial charge in [0.25, 0.3) is 0 Å². The van der Waals surface area contributed by atoms with Gasteiger partial charge in [0.2, 0.25) is 11.8 Å². The molecule has 1 aromatic rings. The van der Waals surface area contributed by atoms with E-state index in [1.165, 1.54) is 0 Å². The van der Waals surface area contributed by atoms with Gasteiger partial charge in [-0.15, -0.1) is 0 Å². The minimum atomic E-state index is -1.14. The fourth-order valence-electron chi connectivity index (χ4n) is 3.95. The van der Waals surface area contributed by atoms with Gasteiger partial charge in [0, 0.05) is 13.0 Å². The Balaban J connectivity index is 1.66. The number of hydrogen-bond donors (Lipinski definition) is 3. The number of likely N-dealkylation sites (tertiary alicyclic amines) is 1. The van der Waals surface area contributed by atoms with E-state index in [-0.39, 0.29) is 6.42 Å². The molecule has 2 aliphatic heterocycles. The molecule has 0 radical (unpaired) electrons. The second kappa shape index (κ2) is 9.11. The van der Waals surface area contributed by atoms with Crippen molar-refractivity contribution >= 4 is 30.5 Å². The van der Waals surface area contributed by atoms with Crippen molar-refractivity contribution in [3.05, 3.63) is 29.8 Å². The van der Waals surface area contributed by atoms with E-state index in [2.05, 4.69) is 5.32 Å². The lowest BCUT2D eigenvalue weighted by molar-refractivity contribution is -0.131. The molecule has 3 rings (SSSR count). The second-order valence-corrected chi connectivity index (χ2v) is 9.49. The van der Waals surface area contributed by atoms with Crippen LogP contribution in [0.2, 0.25) is 0 Å². The molecule has 3 amide bonds. The minimum Gasteiger partial charge on any atom is -0.465 e. The number of benzene rings is 1. The monoisotopic (exact) mass is 445 g/mol. The zero-order chi connectivity index (χ0) is 23.7. The van der Waals surface area contributed by atoms with Gasteiger partial charge in [-0.25, -0.2) is 4.79 Å². The van der Waals surface area contributed by atoms with Crippen LogP contribution >= 0.6 is 0 Å². The van der Waals surface area contributed by atoms with Crippen molar-refractivity contribution in [2.75, 3.05) is 6.54 Å². The molecular weight excluding hydrogens is 413 g/mol. The summed E-state index contributed by atoms with van der Waals surface area (Å²) < 4.78 is 12.1. The van der Waals surface area contributed by atoms with E-state index >= 15 is 0 Å². The average Bonchev–Trinajstić information content (AvgIpc) is 2.94. The number of carboxylic acid groups (broad SMARTS) is 1. The van der Waals surface area contributed by atoms with E-state index in [4.69, 9.17) is 15.0 Å². The Hall–Kier alpha value is -2.59. The molecule has 0 spiro atoms. The average molecular weight is 445 g/mol. The standard InChI is InChI=1S/C22H32BN3O6/c1-21(2)22(3,4)32-23(31-21)15-10-8-14(9-11-15)13-16(18(24)27)25-19(28)17-7-5-6-12-26(17)20(29)30/h8-11,16-17H,5-7,12-13H2,1-4H3,(H2,24,27)(H,25,28)(H,29,30)/t16-,17?/m0/s1. The Bertz CT molecular complexity index is 857. The highest BCUT2D eigenvalue weighted by molar-refractivity contribution is 6.62. The van der Waals surface area contributed by atoms with Gasteiger partial charge in [-0.2, -0.15) is 0 Å². The Morgan fingerprint density at radius 1 is 1.16 bits per heavy atom. The number of amides is 3. The molecule has 2 heterocycles. The fraction of sp³-hybridized carbons (Fsp3) is 0.591. The molecule has 32 heavy (non-hydrogen) atoms. The van der Waals surface area contributed by atoms with E-state index in [9.17, 15) is 19.5 Å². The molecule has 1 unspecified atom stereocenters. The molecule has 2 atom stereocenters. The van der Waals surface area contributed by atoms with Crippen molar-refractivity contribution in [2.24, 2.45) is 5.73 Å². The molecular formula is C22H32BN3O6. The molecule has 0 bridgehead atoms. The molecule has 2 saturated heterocycles. The molecule has 0 aliphatic carbocycles. The predicted octanol–water partition coefficient (Wildman–Crippen LogP) is 1.03. The van der Waals surface area contributed by atoms with Crippen LogP contribution in [-0.4, -0.2) is 64.9 Å². The maximum atomic E-state index is 12.7. The van der Waals surface area contributed by atoms with Gasteiger partial charge in [0.1, 0.15) is 12.1 Å². The summed E-state index contributed by atoms with van der Waals surface area (Å²) in [7, 11) is -0.492. The summed E-state index contributed by atoms with van der Waals surface area (Å²) in [5.41, 5.74) is 6.29. The molecule has 10 heteroatoms. The fourth-order valence-corrected chi connectivity index (χ4v) is 3.95. The minimum absolute atomic E-state index is 0.199. The molecule has 9 nitrogen and oxygen atoms in total. The first-order valence-electron chi connectivity index (χ1n) is 10.9. The molecule has 0 saturated carbocycles. The van der Waals surface area contributed by atoms with Gasteiger partial charge in [0.15, 0.2) is 0 Å². The van der Waals surface area contributed by atoms with Crippen LogP contribution in [0.15, 0.2) is 24.3 Å². The van der Waals surface area contributed by atoms with Gasteiger partial charge in [-0.1, -0.05) is 24.3 Å². The number of nitrogens with one attached hydrogen (secondary N) is 1. The first kappa shape index (κ1) is 24.1. The number of carbonyl (C=O) groups is 3. The molecule has 1 aromatic carbocycles. The number of primary amides is 1. The third-order valence-electron chi connectivity index (χ3n) is 6.66. The number of nitrogens with two attached hydrogens (primary N) is 1. The highest BCUT2D eigenvalue weighted by atomic mass is 16.7. The first-order chi connectivity index (χ1) is 14.9. The molecule has 0 aromatic heterocycles. The summed E-state index contributed by atoms with van der Waals surface area (Å²) in [4.78, 5) is 37.3. The zero-order valence-corrected chi connectivity index (χ0v) is 19.1. The highest BCUT2D eigenvalue weighted by Crippen LogP contribution is 2.36. The number of nitrogens with zero attached hydrogens (tertiary/aromatic N) is 1. The Morgan fingerprint density at radius 2 is 1.75 bits per heavy atom. The SMILES string of the molecule is CC1(C)OB(c2ccc(C[C@H](NC(=O)C3CCCCN3C(=O)O)C(N)=O)cc2)OC1(C)C. The summed E-state index contributed by atoms with van der Waals surface area (Å²) >= 11 is 0. The first-order valence-corrected chi connectivity index (χ1v) is 10.9. The van der Waals surface area contributed by atoms with Gasteiger partial charge in [-0.05, 0) is 58.0 Å². The van der Waals surface area contributed by atoms with Crippen molar-refractivity contribution in [3.63, 3.8) is 0 Å². The van der Waals surface area contributed by atoms with Crippen LogP contribution in [0.25, 0.3) is 0 Å². The number of carbonyl (C=O) groups excluding carboxylic acids is 2. The smallest absolute Gasteiger partial charge is 0.465 e. The molecule has 4 N–H and O–H groups in total. The summed E-state index contributed by atoms with van der Waals surface area (Å²) in [6.07, 6.45) is 0.948. The normalized spacial score (nSPS) is 22.9. The third-order valence-corrected chi connectivity index (χ3v) is 6.66. The maximum Gasteiger partial charge on any atom is 0.494 e. The lowest BCUT2D eigenvalue weighted by Gasteiger charge is -2.33. The summed E-state index contributed by atoms with van der Waals surface area (Å²) in [6.45, 7) is 8.24. The van der Waals surface area contributed by atoms with Gasteiger partial charge >= 0.3 is 13.2 Å². The van der Waals surface area contributed by atoms with E-state index in [1.807, 2.05) is 52.0 Å². The molecule has 2 aliphatic rings. The van der Waals surface area contributed by atoms with Crippen LogP contribution in [0.5, 0.6) is 0 Å². The lowest BCUT2D eigenvalue weighted by Crippen LogP contribution is -2.56. The van der Waals surface area contributed by atoms with Crippen LogP contribution in [-0.2, 0) is 25.3 Å². The maximum absolute atomic E-state index is 12.7. The summed E-state index contributed by atoms with van der Waals surface area (Å²) in [6, 6.07) is 5.66. The largest absolute Gasteiger partial charge is 0.494 e. The van der Waals surface area contributed by atoms with Gasteiger partial charge in [0.05, 0.1) is 11.2 Å². The third kappa shape index (κ3) is 5.07. The zero-order valence-electron chi connectivity index (χ0n) is 19.1. The predicted molar refractivity (Wildman–Crippen MR) is 119 cm³/mol. The number of piperidine rings is 1. The van der Waals surface area contributed by atoms with Crippen molar-refractivity contribution in [1.29, 1.82) is 0 Å². The lowest BCUT2D eigenvalue weighted by atomic mass is 9.78. The van der Waals surface area contributed by atoms with Crippen molar-refractivity contribution < 1.29 is 28.8 Å². The van der Waals surface area contributed by atoms with Crippen LogP contribution in [0, 0.1) is 0 Å². The number of hydrogen-bond acceptors (Lipinski definition) is 5. The van der Waals surface area contributed by atoms with Gasteiger partial charge < -0.3 is 25.5 Å². The van der Waals surface area contributed by atoms with E-state index < -0.39 is 48.3 Å². The van der Waals surface area contributed by atoms with Crippen molar-refractivity contribution in [1.82, 2.24) is 10.2 Å².